The number of ether oxygens (including phenoxy) is 8. The first-order valence-corrected chi connectivity index (χ1v) is 26.1. The Kier molecular flexibility index (Phi) is 25.1. The zero-order chi connectivity index (χ0) is 51.2. The Morgan fingerprint density at radius 3 is 1.72 bits per heavy atom. The number of aliphatic hydroxyl groups excluding tert-OH is 11. The lowest BCUT2D eigenvalue weighted by molar-refractivity contribution is -0.360. The van der Waals surface area contributed by atoms with E-state index in [0.29, 0.717) is 19.3 Å². The molecular weight excluding hydrogens is 996 g/mol. The van der Waals surface area contributed by atoms with Gasteiger partial charge in [0.25, 0.3) is 0 Å². The maximum atomic E-state index is 12.9. The number of carbonyl (C=O) groups is 3. The predicted molar refractivity (Wildman–Crippen MR) is 232 cm³/mol. The summed E-state index contributed by atoms with van der Waals surface area (Å²) in [6.45, 7) is -1.18. The molecule has 20 atom stereocenters. The number of rotatable bonds is 26. The number of phosphoric acid groups is 1. The second-order valence-electron chi connectivity index (χ2n) is 16.7. The molecule has 28 nitrogen and oxygen atoms in total. The van der Waals surface area contributed by atoms with Crippen molar-refractivity contribution in [1.82, 2.24) is 10.6 Å². The molecule has 0 aromatic heterocycles. The van der Waals surface area contributed by atoms with E-state index in [1.807, 2.05) is 0 Å². The van der Waals surface area contributed by atoms with Gasteiger partial charge in [-0.15, -0.1) is 0 Å². The van der Waals surface area contributed by atoms with E-state index in [1.54, 1.807) is 0 Å². The Balaban J connectivity index is 1.43. The van der Waals surface area contributed by atoms with Gasteiger partial charge in [0.05, 0.1) is 38.8 Å². The van der Waals surface area contributed by atoms with E-state index in [-0.39, 0.29) is 18.3 Å². The van der Waals surface area contributed by atoms with Crippen LogP contribution >= 0.6 is 29.4 Å². The van der Waals surface area contributed by atoms with Crippen LogP contribution in [-0.4, -0.2) is 251 Å². The lowest BCUT2D eigenvalue weighted by atomic mass is 9.96. The van der Waals surface area contributed by atoms with Crippen LogP contribution in [0.1, 0.15) is 51.9 Å². The van der Waals surface area contributed by atoms with E-state index in [0.717, 1.165) is 54.2 Å². The predicted octanol–water partition coefficient (Wildman–Crippen LogP) is -6.08. The van der Waals surface area contributed by atoms with Crippen molar-refractivity contribution in [3.63, 3.8) is 0 Å². The number of phosphoric ester groups is 1. The SMILES string of the molecule is COC(=O)CCCCCCCCO[C@@H]1O[C@H](CO[C@H]2O[C@H](CSSCC(=O)N[C@H]3[C@@H](OP(=O)(O)O)O[C@H](CO)[C@@H](O)[C@@H]3O)[C@@H](O)[C@H](O)[C@@H]2O[C@@H]2O[C@H](CO)[C@@H](O)[C@H](O)[C@H]2NC(C)=O)[C@@H](O)[C@H](O)[C@@H]1O. The molecule has 2 amide bonds. The molecule has 0 saturated carbocycles. The summed E-state index contributed by atoms with van der Waals surface area (Å²) in [6.07, 6.45) is -25.9. The van der Waals surface area contributed by atoms with Crippen LogP contribution < -0.4 is 10.6 Å². The molecule has 31 heteroatoms. The topological polar surface area (TPSA) is 438 Å². The van der Waals surface area contributed by atoms with Crippen LogP contribution in [0.3, 0.4) is 0 Å². The number of amides is 2. The van der Waals surface area contributed by atoms with E-state index in [9.17, 15) is 84.9 Å². The van der Waals surface area contributed by atoms with Gasteiger partial charge in [-0.25, -0.2) is 4.57 Å². The molecule has 69 heavy (non-hydrogen) atoms. The summed E-state index contributed by atoms with van der Waals surface area (Å²) in [7, 11) is -2.22. The molecule has 0 aliphatic carbocycles. The molecule has 0 spiro atoms. The van der Waals surface area contributed by atoms with Crippen molar-refractivity contribution in [3.8, 4) is 0 Å². The second-order valence-corrected chi connectivity index (χ2v) is 20.4. The minimum Gasteiger partial charge on any atom is -0.469 e. The van der Waals surface area contributed by atoms with Crippen LogP contribution in [0.25, 0.3) is 0 Å². The fourth-order valence-corrected chi connectivity index (χ4v) is 10.2. The van der Waals surface area contributed by atoms with Gasteiger partial charge in [-0.2, -0.15) is 0 Å². The Hall–Kier alpha value is -1.50. The van der Waals surface area contributed by atoms with Crippen molar-refractivity contribution >= 4 is 47.2 Å². The first-order chi connectivity index (χ1) is 32.6. The highest BCUT2D eigenvalue weighted by molar-refractivity contribution is 8.76. The van der Waals surface area contributed by atoms with E-state index >= 15 is 0 Å². The minimum atomic E-state index is -5.27. The van der Waals surface area contributed by atoms with Gasteiger partial charge in [-0.05, 0) is 12.8 Å². The number of methoxy groups -OCH3 is 1. The number of esters is 1. The molecular formula is C38H67N2O26PS2. The van der Waals surface area contributed by atoms with Gasteiger partial charge in [0.15, 0.2) is 25.2 Å². The van der Waals surface area contributed by atoms with Crippen LogP contribution in [0, 0.1) is 0 Å². The highest BCUT2D eigenvalue weighted by Gasteiger charge is 2.53. The van der Waals surface area contributed by atoms with Crippen LogP contribution in [0.4, 0.5) is 0 Å². The Labute approximate surface area is 403 Å². The summed E-state index contributed by atoms with van der Waals surface area (Å²) >= 11 is 0. The summed E-state index contributed by atoms with van der Waals surface area (Å²) in [6, 6.07) is -3.24. The first kappa shape index (κ1) is 60.1. The number of carbonyl (C=O) groups excluding carboxylic acids is 3. The largest absolute Gasteiger partial charge is 0.472 e. The average Bonchev–Trinajstić information content (AvgIpc) is 3.30. The van der Waals surface area contributed by atoms with E-state index < -0.39 is 168 Å². The number of hydrogen-bond donors (Lipinski definition) is 15. The highest BCUT2D eigenvalue weighted by Crippen LogP contribution is 2.41. The number of aliphatic hydroxyl groups is 11. The zero-order valence-electron chi connectivity index (χ0n) is 37.6. The molecule has 4 fully saturated rings. The molecule has 402 valence electrons. The summed E-state index contributed by atoms with van der Waals surface area (Å²) in [5.41, 5.74) is 0. The number of hydrogen-bond acceptors (Lipinski definition) is 26. The van der Waals surface area contributed by atoms with Crippen molar-refractivity contribution < 1.29 is 127 Å². The maximum Gasteiger partial charge on any atom is 0.472 e. The minimum absolute atomic E-state index is 0.0912. The fourth-order valence-electron chi connectivity index (χ4n) is 7.72. The molecule has 4 heterocycles. The first-order valence-electron chi connectivity index (χ1n) is 22.1. The second kappa shape index (κ2) is 28.8. The highest BCUT2D eigenvalue weighted by atomic mass is 33.1. The summed E-state index contributed by atoms with van der Waals surface area (Å²) in [4.78, 5) is 55.0. The van der Waals surface area contributed by atoms with E-state index in [1.165, 1.54) is 7.11 Å². The van der Waals surface area contributed by atoms with Gasteiger partial charge in [0, 0.05) is 25.7 Å². The molecule has 4 aliphatic rings. The third-order valence-electron chi connectivity index (χ3n) is 11.5. The molecule has 0 radical (unpaired) electrons. The van der Waals surface area contributed by atoms with Crippen molar-refractivity contribution in [2.75, 3.05) is 45.0 Å². The Bertz CT molecular complexity index is 1630. The third kappa shape index (κ3) is 17.6. The van der Waals surface area contributed by atoms with Crippen LogP contribution in [-0.2, 0) is 61.4 Å². The van der Waals surface area contributed by atoms with Crippen LogP contribution in [0.15, 0.2) is 0 Å². The molecule has 4 aliphatic heterocycles. The Morgan fingerprint density at radius 1 is 0.594 bits per heavy atom. The van der Waals surface area contributed by atoms with Crippen LogP contribution in [0.5, 0.6) is 0 Å². The summed E-state index contributed by atoms with van der Waals surface area (Å²) in [5.74, 6) is -2.52. The molecule has 4 rings (SSSR count). The van der Waals surface area contributed by atoms with E-state index in [2.05, 4.69) is 19.9 Å². The monoisotopic (exact) mass is 1060 g/mol. The summed E-state index contributed by atoms with van der Waals surface area (Å²) in [5, 5.41) is 121. The average molecular weight is 1060 g/mol. The van der Waals surface area contributed by atoms with Gasteiger partial charge in [-0.1, -0.05) is 47.3 Å². The molecule has 0 aromatic carbocycles. The molecule has 15 N–H and O–H groups in total. The molecule has 0 unspecified atom stereocenters. The van der Waals surface area contributed by atoms with Gasteiger partial charge in [-0.3, -0.25) is 18.9 Å². The number of nitrogens with one attached hydrogen (secondary N) is 2. The van der Waals surface area contributed by atoms with Crippen molar-refractivity contribution in [1.29, 1.82) is 0 Å². The fraction of sp³-hybridized carbons (Fsp3) is 0.921. The van der Waals surface area contributed by atoms with Crippen molar-refractivity contribution in [3.05, 3.63) is 0 Å². The number of unbranched alkanes of at least 4 members (excludes halogenated alkanes) is 5. The van der Waals surface area contributed by atoms with Gasteiger partial charge < -0.3 is 114 Å². The van der Waals surface area contributed by atoms with Crippen molar-refractivity contribution in [2.45, 2.75) is 175 Å². The zero-order valence-corrected chi connectivity index (χ0v) is 40.2. The third-order valence-corrected chi connectivity index (χ3v) is 14.3. The molecule has 0 aromatic rings. The van der Waals surface area contributed by atoms with Crippen molar-refractivity contribution in [2.24, 2.45) is 0 Å². The van der Waals surface area contributed by atoms with Gasteiger partial charge in [0.1, 0.15) is 91.4 Å². The lowest BCUT2D eigenvalue weighted by Crippen LogP contribution is -2.67. The lowest BCUT2D eigenvalue weighted by Gasteiger charge is -2.47. The normalized spacial score (nSPS) is 38.6. The Morgan fingerprint density at radius 2 is 1.13 bits per heavy atom. The molecule has 0 bridgehead atoms. The molecule has 4 saturated heterocycles. The van der Waals surface area contributed by atoms with Gasteiger partial charge >= 0.3 is 13.8 Å². The standard InChI is InChI=1S/C38H67N2O26PS2/c1-16(43)39-23-29(50)25(46)17(11-41)61-35(23)65-34-32(53)28(49)20(14-68-69-15-21(44)40-24-30(51)26(47)18(12-42)62-36(24)66-67(55,56)57)64-38(34)60-13-19-27(48)31(52)33(54)37(63-19)59-10-8-6-4-3-5-7-9-22(45)58-2/h17-20,23-38,41-42,46-54H,3-15H2,1-2H3,(H,39,43)(H,40,44)(H2,55,56,57)/t17-,18-,19-,20-,23-,24-,25-,26-,27-,28-,29-,30-,31+,32+,33+,34+,35+,36-,37-,38+/m1/s1. The van der Waals surface area contributed by atoms with Gasteiger partial charge in [0.2, 0.25) is 11.8 Å². The quantitative estimate of drug-likeness (QED) is 0.0166. The smallest absolute Gasteiger partial charge is 0.469 e. The maximum absolute atomic E-state index is 12.9. The van der Waals surface area contributed by atoms with Crippen LogP contribution in [0.2, 0.25) is 0 Å². The summed E-state index contributed by atoms with van der Waals surface area (Å²) < 4.78 is 61.0. The van der Waals surface area contributed by atoms with E-state index in [4.69, 9.17) is 33.2 Å².